The fourth-order valence-electron chi connectivity index (χ4n) is 16.0. The van der Waals surface area contributed by atoms with Crippen molar-refractivity contribution in [2.24, 2.45) is 20.0 Å². The van der Waals surface area contributed by atoms with E-state index in [1.54, 1.807) is 87.9 Å². The predicted molar refractivity (Wildman–Crippen MR) is 498 cm³/mol. The van der Waals surface area contributed by atoms with E-state index < -0.39 is 53.9 Å². The van der Waals surface area contributed by atoms with E-state index in [4.69, 9.17) is 60.3 Å². The maximum atomic E-state index is 13.9. The zero-order valence-corrected chi connectivity index (χ0v) is 80.6. The largest absolute Gasteiger partial charge is 0.463 e. The maximum Gasteiger partial charge on any atom is 0.338 e. The Morgan fingerprint density at radius 2 is 0.829 bits per heavy atom. The van der Waals surface area contributed by atoms with Crippen LogP contribution < -0.4 is 0 Å². The van der Waals surface area contributed by atoms with Crippen molar-refractivity contribution in [2.75, 3.05) is 118 Å². The molecule has 9 aliphatic heterocycles. The molecule has 18 rings (SSSR count). The van der Waals surface area contributed by atoms with Gasteiger partial charge >= 0.3 is 23.9 Å². The van der Waals surface area contributed by atoms with Crippen LogP contribution in [-0.4, -0.2) is 241 Å². The Balaban J connectivity index is 0.000000132. The van der Waals surface area contributed by atoms with Crippen LogP contribution >= 0.6 is 121 Å². The number of carbonyl (C=O) groups excluding carboxylic acids is 4. The van der Waals surface area contributed by atoms with Crippen molar-refractivity contribution < 1.29 is 64.8 Å². The minimum atomic E-state index is -0.720. The van der Waals surface area contributed by atoms with Crippen LogP contribution in [-0.2, 0) is 49.4 Å². The standard InChI is InChI=1S/C23H21BrFN5O3S.C23H24BrFN4O2S2.C22H22BrFN4O3S.C20H17BrFN5O2S/c1-2-33-23(31)19-18-11-29(10-15-12-32-13-27-15)6-7-30(18)21(22-26-5-8-34-22)28-20(19)16-4-3-14(25)9-17(16)24;1-3-5-18(32)28-9-10-29-17(13-28)19(23(30)31-4-2)20(15-7-6-14(25)12-16(15)24)27-21(29)22-26-8-11-33-22;1-2-31-22(29)18-17-10-27(14-11-30-12-14)6-7-28(17)20(21-25-5-8-32-21)26-19(18)15-4-3-13(24)9-16(15)23;1-2-29-20(28)16-15-10-26(11-23)6-7-27(15)18(19-24-5-8-30-19)25-17(16)13-4-3-12(22)9-14(13)21/h3-5,8-9,12-13,20H,2,6-7,10-11H2,1H3;6-8,11-12,20H,3-5,9-10,13H2,1-2H3;3-5,8-9,14,19H,2,6-7,10-12H2,1H3;3-5,8-9,17H,2,6-7,10H2,1H3/t2*20-;;/m00../s1. The van der Waals surface area contributed by atoms with Crippen LogP contribution in [0.25, 0.3) is 0 Å². The summed E-state index contributed by atoms with van der Waals surface area (Å²) in [6, 6.07) is 15.2. The summed E-state index contributed by atoms with van der Waals surface area (Å²) >= 11 is 25.4. The number of esters is 4. The number of nitrogens with zero attached hydrogens (tertiary/aromatic N) is 18. The Labute approximate surface area is 795 Å². The highest BCUT2D eigenvalue weighted by Crippen LogP contribution is 2.47. The van der Waals surface area contributed by atoms with Crippen molar-refractivity contribution in [1.82, 2.24) is 64.1 Å². The molecule has 0 bridgehead atoms. The van der Waals surface area contributed by atoms with Gasteiger partial charge in [0.25, 0.3) is 0 Å². The summed E-state index contributed by atoms with van der Waals surface area (Å²) in [7, 11) is 0. The summed E-state index contributed by atoms with van der Waals surface area (Å²) < 4.78 is 89.7. The molecule has 129 heavy (non-hydrogen) atoms. The lowest BCUT2D eigenvalue weighted by atomic mass is 9.93. The third-order valence-corrected chi connectivity index (χ3v) is 28.3. The molecule has 0 radical (unpaired) electrons. The van der Waals surface area contributed by atoms with E-state index in [2.05, 4.69) is 131 Å². The van der Waals surface area contributed by atoms with E-state index in [1.807, 2.05) is 26.4 Å². The number of amidine groups is 4. The number of aromatic nitrogens is 5. The number of hydrogen-bond donors (Lipinski definition) is 0. The Hall–Kier alpha value is -9.97. The first-order chi connectivity index (χ1) is 62.6. The minimum absolute atomic E-state index is 0.206. The van der Waals surface area contributed by atoms with Gasteiger partial charge in [-0.3, -0.25) is 29.8 Å². The summed E-state index contributed by atoms with van der Waals surface area (Å²) in [5.41, 5.74) is 8.39. The van der Waals surface area contributed by atoms with Gasteiger partial charge in [-0.15, -0.1) is 45.3 Å². The summed E-state index contributed by atoms with van der Waals surface area (Å²) in [6.07, 6.45) is 13.9. The lowest BCUT2D eigenvalue weighted by Gasteiger charge is -2.46. The number of aliphatic imine (C=N–C) groups is 4. The number of oxazole rings is 1. The number of halogens is 8. The van der Waals surface area contributed by atoms with Crippen LogP contribution in [0.4, 0.5) is 17.6 Å². The molecule has 0 saturated carbocycles. The highest BCUT2D eigenvalue weighted by atomic mass is 79.9. The van der Waals surface area contributed by atoms with Crippen LogP contribution in [0.5, 0.6) is 0 Å². The van der Waals surface area contributed by atoms with Crippen LogP contribution in [0.1, 0.15) is 120 Å². The lowest BCUT2D eigenvalue weighted by Crippen LogP contribution is -2.58. The van der Waals surface area contributed by atoms with Gasteiger partial charge in [0.15, 0.2) is 56.0 Å². The van der Waals surface area contributed by atoms with Gasteiger partial charge in [-0.1, -0.05) is 107 Å². The lowest BCUT2D eigenvalue weighted by molar-refractivity contribution is -0.140. The maximum absolute atomic E-state index is 13.9. The predicted octanol–water partition coefficient (Wildman–Crippen LogP) is 16.1. The van der Waals surface area contributed by atoms with Gasteiger partial charge in [0.2, 0.25) is 0 Å². The first kappa shape index (κ1) is 93.7. The molecule has 4 atom stereocenters. The van der Waals surface area contributed by atoms with Crippen LogP contribution in [0.15, 0.2) is 219 Å². The summed E-state index contributed by atoms with van der Waals surface area (Å²) in [5, 5.41) is 20.0. The van der Waals surface area contributed by atoms with E-state index in [0.717, 1.165) is 81.1 Å². The molecular formula is C88H84Br4F4N18O10S5. The highest BCUT2D eigenvalue weighted by Gasteiger charge is 2.47. The SMILES string of the molecule is CCCC(=S)N1CCN2C(c3nccs3)=N[C@@H](c3ccc(F)cc3Br)C(C(=O)OCC)=C2C1.CCOC(=O)C1=C2CN(C#N)CCN2C(c2nccs2)=NC1c1ccc(F)cc1Br.CCOC(=O)C1=C2CN(C3COC3)CCN2C(c2nccs2)=NC1c1ccc(F)cc1Br.CCOC(=O)C1=C2CN(Cc3cocn3)CCN2C(c2nccs2)=N[C@H]1c1ccc(F)cc1Br. The average molecular weight is 2110 g/mol. The smallest absolute Gasteiger partial charge is 0.338 e. The number of ether oxygens (including phenoxy) is 5. The second-order valence-corrected chi connectivity index (χ2v) is 37.3. The number of benzene rings is 4. The molecule has 14 heterocycles. The Kier molecular flexibility index (Phi) is 31.2. The van der Waals surface area contributed by atoms with Crippen molar-refractivity contribution in [3.05, 3.63) is 266 Å². The van der Waals surface area contributed by atoms with E-state index >= 15 is 0 Å². The van der Waals surface area contributed by atoms with E-state index in [-0.39, 0.29) is 50.4 Å². The zero-order valence-electron chi connectivity index (χ0n) is 70.1. The van der Waals surface area contributed by atoms with Gasteiger partial charge in [0, 0.05) is 148 Å². The molecule has 5 aromatic heterocycles. The Morgan fingerprint density at radius 3 is 1.16 bits per heavy atom. The zero-order chi connectivity index (χ0) is 90.7. The molecule has 5 saturated heterocycles. The van der Waals surface area contributed by atoms with Gasteiger partial charge in [-0.2, -0.15) is 5.26 Å². The summed E-state index contributed by atoms with van der Waals surface area (Å²) in [5.74, 6) is -0.505. The Bertz CT molecular complexity index is 5960. The van der Waals surface area contributed by atoms with Gasteiger partial charge in [-0.05, 0) is 111 Å². The fourth-order valence-corrected chi connectivity index (χ4v) is 21.2. The van der Waals surface area contributed by atoms with Crippen molar-refractivity contribution >= 4 is 173 Å². The normalized spacial score (nSPS) is 19.3. The van der Waals surface area contributed by atoms with Crippen LogP contribution in [0, 0.1) is 34.7 Å². The molecule has 28 nitrogen and oxygen atoms in total. The van der Waals surface area contributed by atoms with E-state index in [1.165, 1.54) is 100 Å². The van der Waals surface area contributed by atoms with Gasteiger partial charge in [0.1, 0.15) is 53.7 Å². The van der Waals surface area contributed by atoms with Gasteiger partial charge in [0.05, 0.1) is 103 Å². The number of hydrogen-bond acceptors (Lipinski definition) is 32. The van der Waals surface area contributed by atoms with E-state index in [9.17, 15) is 42.0 Å². The first-order valence-electron chi connectivity index (χ1n) is 41.3. The molecule has 0 spiro atoms. The molecule has 9 aliphatic rings. The minimum Gasteiger partial charge on any atom is -0.463 e. The van der Waals surface area contributed by atoms with Gasteiger partial charge in [-0.25, -0.2) is 61.7 Å². The average Bonchev–Trinajstić information content (AvgIpc) is 1.64. The van der Waals surface area contributed by atoms with E-state index in [0.29, 0.717) is 169 Å². The number of carbonyl (C=O) groups is 4. The van der Waals surface area contributed by atoms with Crippen molar-refractivity contribution in [3.63, 3.8) is 0 Å². The molecule has 2 unspecified atom stereocenters. The van der Waals surface area contributed by atoms with Crippen molar-refractivity contribution in [2.45, 2.75) is 84.2 Å². The van der Waals surface area contributed by atoms with Crippen molar-refractivity contribution in [3.8, 4) is 6.19 Å². The summed E-state index contributed by atoms with van der Waals surface area (Å²) in [4.78, 5) is 112. The number of fused-ring (bicyclic) bond motifs is 4. The molecule has 0 N–H and O–H groups in total. The first-order valence-corrected chi connectivity index (χ1v) is 48.4. The molecule has 5 fully saturated rings. The molecule has 672 valence electrons. The molecule has 9 aromatic rings. The third-order valence-electron chi connectivity index (χ3n) is 22.0. The Morgan fingerprint density at radius 1 is 0.473 bits per heavy atom. The van der Waals surface area contributed by atoms with Crippen LogP contribution in [0.3, 0.4) is 0 Å². The topological polar surface area (TPSA) is 291 Å². The summed E-state index contributed by atoms with van der Waals surface area (Å²) in [6.45, 7) is 19.1. The number of rotatable bonds is 21. The van der Waals surface area contributed by atoms with Gasteiger partial charge < -0.3 is 57.5 Å². The third kappa shape index (κ3) is 20.9. The number of piperazine rings is 4. The quantitative estimate of drug-likeness (QED) is 0.0212. The molecule has 41 heteroatoms. The highest BCUT2D eigenvalue weighted by molar-refractivity contribution is 9.11. The fraction of sp³-hybridized carbons (Fsp3) is 0.352. The second kappa shape index (κ2) is 42.9. The number of thiocarbonyl (C=S) groups is 1. The molecular weight excluding hydrogens is 2030 g/mol. The molecule has 4 aromatic carbocycles. The van der Waals surface area contributed by atoms with Crippen molar-refractivity contribution in [1.29, 1.82) is 5.26 Å². The monoisotopic (exact) mass is 2100 g/mol. The number of nitriles is 1. The number of thiazole rings is 4. The molecule has 0 aliphatic carbocycles. The second-order valence-electron chi connectivity index (χ2n) is 29.8. The molecule has 0 amide bonds. The van der Waals surface area contributed by atoms with Crippen LogP contribution in [0.2, 0.25) is 0 Å².